The Labute approximate surface area is 115 Å². The number of hydrogen-bond donors (Lipinski definition) is 1. The predicted octanol–water partition coefficient (Wildman–Crippen LogP) is 3.92. The number of allylic oxidation sites excluding steroid dienone is 4. The number of nitrogens with zero attached hydrogens (tertiary/aromatic N) is 4. The molecule has 100 valence electrons. The summed E-state index contributed by atoms with van der Waals surface area (Å²) in [6, 6.07) is 7.59. The van der Waals surface area contributed by atoms with Crippen LogP contribution in [0.2, 0.25) is 0 Å². The van der Waals surface area contributed by atoms with E-state index in [1.54, 1.807) is 25.2 Å². The van der Waals surface area contributed by atoms with Crippen LogP contribution in [-0.2, 0) is 0 Å². The Kier molecular flexibility index (Phi) is 3.14. The van der Waals surface area contributed by atoms with Crippen molar-refractivity contribution in [2.24, 2.45) is 10.2 Å². The van der Waals surface area contributed by atoms with Gasteiger partial charge in [0.2, 0.25) is 0 Å². The Hall–Kier alpha value is -2.73. The first-order valence-corrected chi connectivity index (χ1v) is 6.05. The standard InChI is InChI=1S/C14H12N4O2/c1-10(12-7-4-5-9-18(12)19)16-17-14-15-11-6-2-3-8-13(11)20-14/h2-9,19H,1H3. The number of benzene rings is 1. The average Bonchev–Trinajstić information content (AvgIpc) is 2.88. The number of oxazole rings is 1. The third-order valence-corrected chi connectivity index (χ3v) is 2.78. The van der Waals surface area contributed by atoms with E-state index in [2.05, 4.69) is 15.2 Å². The maximum atomic E-state index is 9.65. The number of hydrogen-bond acceptors (Lipinski definition) is 6. The number of para-hydroxylation sites is 2. The molecule has 0 bridgehead atoms. The Morgan fingerprint density at radius 2 is 2.15 bits per heavy atom. The Balaban J connectivity index is 1.88. The van der Waals surface area contributed by atoms with Crippen molar-refractivity contribution in [2.45, 2.75) is 6.92 Å². The lowest BCUT2D eigenvalue weighted by Gasteiger charge is -2.16. The van der Waals surface area contributed by atoms with Crippen molar-refractivity contribution in [3.8, 4) is 0 Å². The van der Waals surface area contributed by atoms with Crippen LogP contribution < -0.4 is 0 Å². The summed E-state index contributed by atoms with van der Waals surface area (Å²) < 4.78 is 5.43. The van der Waals surface area contributed by atoms with Crippen LogP contribution >= 0.6 is 0 Å². The lowest BCUT2D eigenvalue weighted by Crippen LogP contribution is -2.12. The van der Waals surface area contributed by atoms with E-state index >= 15 is 0 Å². The smallest absolute Gasteiger partial charge is 0.341 e. The van der Waals surface area contributed by atoms with Crippen LogP contribution in [0.25, 0.3) is 11.1 Å². The number of azo groups is 1. The summed E-state index contributed by atoms with van der Waals surface area (Å²) in [6.45, 7) is 1.74. The topological polar surface area (TPSA) is 74.2 Å². The summed E-state index contributed by atoms with van der Waals surface area (Å²) >= 11 is 0. The second kappa shape index (κ2) is 5.10. The van der Waals surface area contributed by atoms with Crippen LogP contribution in [0.3, 0.4) is 0 Å². The number of rotatable bonds is 2. The Morgan fingerprint density at radius 1 is 1.30 bits per heavy atom. The zero-order chi connectivity index (χ0) is 13.9. The first-order chi connectivity index (χ1) is 9.74. The number of fused-ring (bicyclic) bond motifs is 1. The minimum atomic E-state index is 0.186. The highest BCUT2D eigenvalue weighted by Gasteiger charge is 2.08. The molecule has 6 heteroatoms. The van der Waals surface area contributed by atoms with Crippen LogP contribution in [0.1, 0.15) is 6.92 Å². The second-order valence-electron chi connectivity index (χ2n) is 4.18. The zero-order valence-electron chi connectivity index (χ0n) is 10.8. The van der Waals surface area contributed by atoms with Gasteiger partial charge in [-0.3, -0.25) is 5.21 Å². The van der Waals surface area contributed by atoms with Gasteiger partial charge in [-0.05, 0) is 31.2 Å². The summed E-state index contributed by atoms with van der Waals surface area (Å²) in [5, 5.41) is 18.6. The maximum absolute atomic E-state index is 9.65. The largest absolute Gasteiger partial charge is 0.421 e. The minimum absolute atomic E-state index is 0.186. The van der Waals surface area contributed by atoms with Crippen molar-refractivity contribution in [1.29, 1.82) is 0 Å². The quantitative estimate of drug-likeness (QED) is 0.838. The molecule has 1 N–H and O–H groups in total. The fourth-order valence-electron chi connectivity index (χ4n) is 1.79. The van der Waals surface area contributed by atoms with Crippen molar-refractivity contribution in [2.75, 3.05) is 0 Å². The van der Waals surface area contributed by atoms with Gasteiger partial charge in [-0.15, -0.1) is 5.11 Å². The van der Waals surface area contributed by atoms with Crippen LogP contribution in [0.15, 0.2) is 74.7 Å². The Morgan fingerprint density at radius 3 is 2.95 bits per heavy atom. The van der Waals surface area contributed by atoms with E-state index in [1.165, 1.54) is 6.20 Å². The van der Waals surface area contributed by atoms with Crippen LogP contribution in [0, 0.1) is 0 Å². The molecule has 1 aromatic carbocycles. The molecule has 1 aliphatic rings. The lowest BCUT2D eigenvalue weighted by atomic mass is 10.2. The molecular weight excluding hydrogens is 256 g/mol. The molecule has 2 aromatic rings. The summed E-state index contributed by atoms with van der Waals surface area (Å²) in [7, 11) is 0. The molecule has 0 atom stereocenters. The fraction of sp³-hybridized carbons (Fsp3) is 0.0714. The molecule has 0 saturated heterocycles. The lowest BCUT2D eigenvalue weighted by molar-refractivity contribution is -0.00149. The number of aromatic nitrogens is 1. The molecule has 1 aliphatic heterocycles. The van der Waals surface area contributed by atoms with Crippen molar-refractivity contribution < 1.29 is 9.62 Å². The molecule has 2 heterocycles. The summed E-state index contributed by atoms with van der Waals surface area (Å²) in [5.74, 6) is 0. The highest BCUT2D eigenvalue weighted by atomic mass is 16.5. The van der Waals surface area contributed by atoms with Gasteiger partial charge in [-0.1, -0.05) is 23.3 Å². The van der Waals surface area contributed by atoms with Gasteiger partial charge in [0, 0.05) is 6.20 Å². The van der Waals surface area contributed by atoms with Crippen molar-refractivity contribution in [1.82, 2.24) is 10.0 Å². The molecule has 0 aliphatic carbocycles. The molecule has 0 fully saturated rings. The van der Waals surface area contributed by atoms with Crippen LogP contribution in [0.5, 0.6) is 0 Å². The van der Waals surface area contributed by atoms with E-state index in [0.29, 0.717) is 17.0 Å². The van der Waals surface area contributed by atoms with Gasteiger partial charge in [0.25, 0.3) is 0 Å². The SMILES string of the molecule is CC(N=Nc1nc2ccccc2o1)=C1C=CC=CN1O. The average molecular weight is 268 g/mol. The van der Waals surface area contributed by atoms with Gasteiger partial charge < -0.3 is 4.42 Å². The first-order valence-electron chi connectivity index (χ1n) is 6.05. The molecule has 20 heavy (non-hydrogen) atoms. The van der Waals surface area contributed by atoms with Crippen molar-refractivity contribution >= 4 is 17.1 Å². The summed E-state index contributed by atoms with van der Waals surface area (Å²) in [6.07, 6.45) is 6.78. The molecule has 0 unspecified atom stereocenters. The van der Waals surface area contributed by atoms with E-state index < -0.39 is 0 Å². The monoisotopic (exact) mass is 268 g/mol. The van der Waals surface area contributed by atoms with Crippen molar-refractivity contribution in [3.63, 3.8) is 0 Å². The molecule has 0 radical (unpaired) electrons. The molecule has 1 aromatic heterocycles. The van der Waals surface area contributed by atoms with E-state index in [1.807, 2.05) is 24.3 Å². The Bertz CT molecular complexity index is 722. The van der Waals surface area contributed by atoms with E-state index in [4.69, 9.17) is 4.42 Å². The van der Waals surface area contributed by atoms with Gasteiger partial charge >= 0.3 is 6.01 Å². The van der Waals surface area contributed by atoms with E-state index in [-0.39, 0.29) is 6.01 Å². The van der Waals surface area contributed by atoms with Gasteiger partial charge in [-0.25, -0.2) is 5.06 Å². The molecule has 0 amide bonds. The summed E-state index contributed by atoms with van der Waals surface area (Å²) in [4.78, 5) is 4.19. The van der Waals surface area contributed by atoms with Gasteiger partial charge in [0.15, 0.2) is 5.58 Å². The van der Waals surface area contributed by atoms with E-state index in [9.17, 15) is 5.21 Å². The van der Waals surface area contributed by atoms with Gasteiger partial charge in [-0.2, -0.15) is 4.98 Å². The highest BCUT2D eigenvalue weighted by molar-refractivity contribution is 5.73. The molecule has 6 nitrogen and oxygen atoms in total. The third-order valence-electron chi connectivity index (χ3n) is 2.78. The van der Waals surface area contributed by atoms with Crippen LogP contribution in [-0.4, -0.2) is 15.3 Å². The summed E-state index contributed by atoms with van der Waals surface area (Å²) in [5.41, 5.74) is 2.50. The fourth-order valence-corrected chi connectivity index (χ4v) is 1.79. The number of hydroxylamine groups is 2. The molecule has 0 spiro atoms. The highest BCUT2D eigenvalue weighted by Crippen LogP contribution is 2.22. The predicted molar refractivity (Wildman–Crippen MR) is 73.1 cm³/mol. The van der Waals surface area contributed by atoms with Gasteiger partial charge in [0.1, 0.15) is 5.52 Å². The zero-order valence-corrected chi connectivity index (χ0v) is 10.8. The molecular formula is C14H12N4O2. The van der Waals surface area contributed by atoms with E-state index in [0.717, 1.165) is 10.6 Å². The normalized spacial score (nSPS) is 17.4. The molecule has 0 saturated carbocycles. The first kappa shape index (κ1) is 12.3. The van der Waals surface area contributed by atoms with Gasteiger partial charge in [0.05, 0.1) is 11.4 Å². The minimum Gasteiger partial charge on any atom is -0.421 e. The van der Waals surface area contributed by atoms with Crippen molar-refractivity contribution in [3.05, 3.63) is 60.1 Å². The second-order valence-corrected chi connectivity index (χ2v) is 4.18. The molecule has 3 rings (SSSR count). The maximum Gasteiger partial charge on any atom is 0.341 e. The van der Waals surface area contributed by atoms with Crippen LogP contribution in [0.4, 0.5) is 6.01 Å². The third kappa shape index (κ3) is 2.36.